The van der Waals surface area contributed by atoms with E-state index >= 15 is 0 Å². The molecule has 0 aliphatic rings. The fourth-order valence-corrected chi connectivity index (χ4v) is 1.28. The van der Waals surface area contributed by atoms with Gasteiger partial charge in [-0.2, -0.15) is 0 Å². The summed E-state index contributed by atoms with van der Waals surface area (Å²) in [7, 11) is 1.51. The van der Waals surface area contributed by atoms with Gasteiger partial charge in [-0.3, -0.25) is 0 Å². The third kappa shape index (κ3) is 2.47. The van der Waals surface area contributed by atoms with E-state index in [0.29, 0.717) is 5.75 Å². The quantitative estimate of drug-likeness (QED) is 0.776. The van der Waals surface area contributed by atoms with Crippen LogP contribution in [0.5, 0.6) is 5.75 Å². The molecule has 4 heteroatoms. The molecule has 0 atom stereocenters. The molecule has 0 heterocycles. The van der Waals surface area contributed by atoms with E-state index in [9.17, 15) is 4.79 Å². The van der Waals surface area contributed by atoms with Gasteiger partial charge in [-0.25, -0.2) is 4.79 Å². The highest BCUT2D eigenvalue weighted by molar-refractivity contribution is 5.70. The number of nitrogens with one attached hydrogen (secondary N) is 1. The van der Waals surface area contributed by atoms with Gasteiger partial charge in [0.2, 0.25) is 0 Å². The molecule has 2 N–H and O–H groups in total. The summed E-state index contributed by atoms with van der Waals surface area (Å²) in [5, 5.41) is 11.4. The van der Waals surface area contributed by atoms with Gasteiger partial charge in [-0.05, 0) is 36.6 Å². The normalized spacial score (nSPS) is 9.87. The minimum atomic E-state index is -0.491. The molecule has 1 aromatic carbocycles. The second-order valence-electron chi connectivity index (χ2n) is 3.27. The van der Waals surface area contributed by atoms with Crippen molar-refractivity contribution < 1.29 is 14.6 Å². The highest BCUT2D eigenvalue weighted by Crippen LogP contribution is 2.24. The molecule has 1 amide bonds. The first kappa shape index (κ1) is 11.5. The maximum Gasteiger partial charge on any atom is 0.412 e. The van der Waals surface area contributed by atoms with Gasteiger partial charge >= 0.3 is 6.09 Å². The van der Waals surface area contributed by atoms with Crippen LogP contribution < -0.4 is 10.1 Å². The Morgan fingerprint density at radius 1 is 1.40 bits per heavy atom. The predicted octanol–water partition coefficient (Wildman–Crippen LogP) is 1.51. The molecule has 1 aromatic rings. The first-order valence-electron chi connectivity index (χ1n) is 4.69. The summed E-state index contributed by atoms with van der Waals surface area (Å²) in [6.07, 6.45) is -0.491. The van der Waals surface area contributed by atoms with Gasteiger partial charge in [-0.15, -0.1) is 0 Å². The molecule has 4 nitrogen and oxygen atoms in total. The highest BCUT2D eigenvalue weighted by Gasteiger charge is 2.09. The van der Waals surface area contributed by atoms with Gasteiger partial charge in [0.15, 0.2) is 0 Å². The lowest BCUT2D eigenvalue weighted by atomic mass is 10.0. The molecule has 1 rings (SSSR count). The Morgan fingerprint density at radius 2 is 2.07 bits per heavy atom. The molecule has 0 spiro atoms. The van der Waals surface area contributed by atoms with Gasteiger partial charge in [0, 0.05) is 7.05 Å². The number of ether oxygens (including phenoxy) is 1. The number of aliphatic hydroxyl groups is 1. The number of amides is 1. The second-order valence-corrected chi connectivity index (χ2v) is 3.27. The Balaban J connectivity index is 3.01. The van der Waals surface area contributed by atoms with Crippen LogP contribution in [0, 0.1) is 13.8 Å². The van der Waals surface area contributed by atoms with E-state index in [2.05, 4.69) is 5.32 Å². The van der Waals surface area contributed by atoms with Crippen molar-refractivity contribution in [2.45, 2.75) is 20.5 Å². The maximum atomic E-state index is 11.0. The van der Waals surface area contributed by atoms with Gasteiger partial charge in [-0.1, -0.05) is 6.07 Å². The van der Waals surface area contributed by atoms with Crippen LogP contribution in [-0.2, 0) is 6.61 Å². The number of rotatable bonds is 2. The Labute approximate surface area is 88.9 Å². The van der Waals surface area contributed by atoms with Gasteiger partial charge in [0.1, 0.15) is 5.75 Å². The molecule has 0 saturated carbocycles. The van der Waals surface area contributed by atoms with Crippen molar-refractivity contribution in [2.24, 2.45) is 0 Å². The Bertz CT molecular complexity index is 374. The van der Waals surface area contributed by atoms with Crippen molar-refractivity contribution in [2.75, 3.05) is 7.05 Å². The zero-order valence-corrected chi connectivity index (χ0v) is 9.13. The number of benzene rings is 1. The average Bonchev–Trinajstić information content (AvgIpc) is 2.25. The average molecular weight is 209 g/mol. The third-order valence-electron chi connectivity index (χ3n) is 2.43. The third-order valence-corrected chi connectivity index (χ3v) is 2.43. The second kappa shape index (κ2) is 4.79. The topological polar surface area (TPSA) is 58.6 Å². The molecule has 15 heavy (non-hydrogen) atoms. The van der Waals surface area contributed by atoms with Crippen LogP contribution in [0.3, 0.4) is 0 Å². The number of carbonyl (C=O) groups excluding carboxylic acids is 1. The van der Waals surface area contributed by atoms with Gasteiger partial charge in [0.05, 0.1) is 6.61 Å². The molecule has 82 valence electrons. The van der Waals surface area contributed by atoms with Crippen LogP contribution in [0.1, 0.15) is 16.7 Å². The van der Waals surface area contributed by atoms with Crippen molar-refractivity contribution in [3.63, 3.8) is 0 Å². The first-order chi connectivity index (χ1) is 7.10. The smallest absolute Gasteiger partial charge is 0.410 e. The Morgan fingerprint density at radius 3 is 2.60 bits per heavy atom. The van der Waals surface area contributed by atoms with E-state index in [1.54, 1.807) is 12.1 Å². The molecular formula is C11H15NO3. The lowest BCUT2D eigenvalue weighted by Gasteiger charge is -2.11. The minimum Gasteiger partial charge on any atom is -0.410 e. The summed E-state index contributed by atoms with van der Waals surface area (Å²) in [5.74, 6) is 0.518. The van der Waals surface area contributed by atoms with Crippen LogP contribution in [-0.4, -0.2) is 18.2 Å². The van der Waals surface area contributed by atoms with E-state index in [0.717, 1.165) is 16.7 Å². The van der Waals surface area contributed by atoms with Crippen molar-refractivity contribution in [1.82, 2.24) is 5.32 Å². The molecule has 0 unspecified atom stereocenters. The summed E-state index contributed by atoms with van der Waals surface area (Å²) >= 11 is 0. The van der Waals surface area contributed by atoms with Crippen molar-refractivity contribution in [3.05, 3.63) is 28.8 Å². The standard InChI is InChI=1S/C11H15NO3/c1-7-8(2)10(15-11(14)12-3)5-4-9(7)6-13/h4-5,13H,6H2,1-3H3,(H,12,14). The fraction of sp³-hybridized carbons (Fsp3) is 0.364. The summed E-state index contributed by atoms with van der Waals surface area (Å²) in [6.45, 7) is 3.73. The van der Waals surface area contributed by atoms with Gasteiger partial charge in [0.25, 0.3) is 0 Å². The monoisotopic (exact) mass is 209 g/mol. The van der Waals surface area contributed by atoms with Crippen LogP contribution in [0.2, 0.25) is 0 Å². The van der Waals surface area contributed by atoms with Crippen LogP contribution in [0.15, 0.2) is 12.1 Å². The van der Waals surface area contributed by atoms with E-state index in [-0.39, 0.29) is 6.61 Å². The zero-order valence-electron chi connectivity index (χ0n) is 9.13. The summed E-state index contributed by atoms with van der Waals surface area (Å²) in [5.41, 5.74) is 2.65. The van der Waals surface area contributed by atoms with E-state index < -0.39 is 6.09 Å². The summed E-state index contributed by atoms with van der Waals surface area (Å²) < 4.78 is 5.04. The highest BCUT2D eigenvalue weighted by atomic mass is 16.6. The Hall–Kier alpha value is -1.55. The SMILES string of the molecule is CNC(=O)Oc1ccc(CO)c(C)c1C. The number of aliphatic hydroxyl groups excluding tert-OH is 1. The lowest BCUT2D eigenvalue weighted by molar-refractivity contribution is 0.202. The van der Waals surface area contributed by atoms with Gasteiger partial charge < -0.3 is 15.2 Å². The molecular weight excluding hydrogens is 194 g/mol. The van der Waals surface area contributed by atoms with E-state index in [4.69, 9.17) is 9.84 Å². The molecule has 0 bridgehead atoms. The summed E-state index contributed by atoms with van der Waals surface area (Å²) in [4.78, 5) is 11.0. The predicted molar refractivity (Wildman–Crippen MR) is 56.9 cm³/mol. The zero-order chi connectivity index (χ0) is 11.4. The Kier molecular flexibility index (Phi) is 3.68. The van der Waals surface area contributed by atoms with Crippen molar-refractivity contribution in [1.29, 1.82) is 0 Å². The van der Waals surface area contributed by atoms with Crippen LogP contribution >= 0.6 is 0 Å². The number of hydrogen-bond donors (Lipinski definition) is 2. The molecule has 0 aliphatic carbocycles. The fourth-order valence-electron chi connectivity index (χ4n) is 1.28. The lowest BCUT2D eigenvalue weighted by Crippen LogP contribution is -2.22. The largest absolute Gasteiger partial charge is 0.412 e. The van der Waals surface area contributed by atoms with Crippen molar-refractivity contribution in [3.8, 4) is 5.75 Å². The summed E-state index contributed by atoms with van der Waals surface area (Å²) in [6, 6.07) is 3.43. The number of hydrogen-bond acceptors (Lipinski definition) is 3. The molecule has 0 fully saturated rings. The molecule has 0 saturated heterocycles. The first-order valence-corrected chi connectivity index (χ1v) is 4.69. The maximum absolute atomic E-state index is 11.0. The molecule has 0 aliphatic heterocycles. The number of carbonyl (C=O) groups is 1. The van der Waals surface area contributed by atoms with Crippen LogP contribution in [0.25, 0.3) is 0 Å². The van der Waals surface area contributed by atoms with Crippen LogP contribution in [0.4, 0.5) is 4.79 Å². The molecule has 0 radical (unpaired) electrons. The van der Waals surface area contributed by atoms with E-state index in [1.165, 1.54) is 7.05 Å². The molecule has 0 aromatic heterocycles. The minimum absolute atomic E-state index is 0.00702. The van der Waals surface area contributed by atoms with E-state index in [1.807, 2.05) is 13.8 Å². The van der Waals surface area contributed by atoms with Crippen molar-refractivity contribution >= 4 is 6.09 Å².